The number of pyridine rings is 2. The number of rotatable bonds is 9. The van der Waals surface area contributed by atoms with Crippen LogP contribution in [0.25, 0.3) is 11.3 Å². The minimum atomic E-state index is -0.709. The van der Waals surface area contributed by atoms with E-state index in [0.29, 0.717) is 48.5 Å². The van der Waals surface area contributed by atoms with Crippen molar-refractivity contribution >= 4 is 34.8 Å². The Hall–Kier alpha value is -2.87. The molecule has 1 saturated heterocycles. The number of aromatic nitrogens is 2. The SMILES string of the molecule is CCOc1ncccc1-c1ccc(C2(C(=O)NC(C)CN(C)C)CCN(c3ccc(Cl)cc3Cl)CC2)cn1. The number of hydrogen-bond acceptors (Lipinski definition) is 6. The molecule has 38 heavy (non-hydrogen) atoms. The molecule has 7 nitrogen and oxygen atoms in total. The maximum absolute atomic E-state index is 13.9. The van der Waals surface area contributed by atoms with Crippen molar-refractivity contribution in [1.29, 1.82) is 0 Å². The van der Waals surface area contributed by atoms with Crippen LogP contribution in [0.5, 0.6) is 5.88 Å². The van der Waals surface area contributed by atoms with E-state index in [1.54, 1.807) is 12.3 Å². The standard InChI is InChI=1S/C29H35Cl2N5O2/c1-5-38-27-23(7-6-14-32-27)25-10-8-21(18-33-25)29(28(37)34-20(2)19-35(3)4)12-15-36(16-13-29)26-11-9-22(30)17-24(26)31/h6-11,14,17-18,20H,5,12-13,15-16,19H2,1-4H3,(H,34,37). The monoisotopic (exact) mass is 555 g/mol. The van der Waals surface area contributed by atoms with Crippen LogP contribution in [0.3, 0.4) is 0 Å². The number of carbonyl (C=O) groups is 1. The number of piperidine rings is 1. The third-order valence-corrected chi connectivity index (χ3v) is 7.50. The van der Waals surface area contributed by atoms with Crippen molar-refractivity contribution in [2.75, 3.05) is 45.2 Å². The molecule has 202 valence electrons. The largest absolute Gasteiger partial charge is 0.477 e. The second-order valence-corrected chi connectivity index (χ2v) is 10.9. The summed E-state index contributed by atoms with van der Waals surface area (Å²) in [5, 5.41) is 4.48. The number of anilines is 1. The van der Waals surface area contributed by atoms with E-state index in [1.807, 2.05) is 70.5 Å². The van der Waals surface area contributed by atoms with Crippen molar-refractivity contribution in [3.8, 4) is 17.1 Å². The minimum absolute atomic E-state index is 0.00879. The molecule has 0 spiro atoms. The molecule has 1 amide bonds. The van der Waals surface area contributed by atoms with Crippen molar-refractivity contribution in [3.05, 3.63) is 70.5 Å². The predicted molar refractivity (Wildman–Crippen MR) is 154 cm³/mol. The highest BCUT2D eigenvalue weighted by molar-refractivity contribution is 6.36. The fraction of sp³-hybridized carbons (Fsp3) is 0.414. The van der Waals surface area contributed by atoms with Gasteiger partial charge in [-0.25, -0.2) is 4.98 Å². The van der Waals surface area contributed by atoms with Gasteiger partial charge in [-0.3, -0.25) is 9.78 Å². The normalized spacial score (nSPS) is 15.8. The first-order valence-corrected chi connectivity index (χ1v) is 13.7. The summed E-state index contributed by atoms with van der Waals surface area (Å²) < 4.78 is 5.70. The average Bonchev–Trinajstić information content (AvgIpc) is 2.89. The molecule has 0 aliphatic carbocycles. The molecule has 0 bridgehead atoms. The van der Waals surface area contributed by atoms with Gasteiger partial charge in [-0.15, -0.1) is 0 Å². The van der Waals surface area contributed by atoms with Crippen LogP contribution >= 0.6 is 23.2 Å². The summed E-state index contributed by atoms with van der Waals surface area (Å²) in [5.74, 6) is 0.577. The summed E-state index contributed by atoms with van der Waals surface area (Å²) in [6, 6.07) is 13.3. The molecule has 9 heteroatoms. The summed E-state index contributed by atoms with van der Waals surface area (Å²) in [6.07, 6.45) is 4.80. The van der Waals surface area contributed by atoms with Crippen LogP contribution < -0.4 is 15.0 Å². The molecule has 0 saturated carbocycles. The molecule has 1 aliphatic heterocycles. The zero-order valence-corrected chi connectivity index (χ0v) is 23.9. The zero-order valence-electron chi connectivity index (χ0n) is 22.4. The molecule has 2 aromatic heterocycles. The van der Waals surface area contributed by atoms with Gasteiger partial charge in [0.15, 0.2) is 0 Å². The molecule has 3 aromatic rings. The smallest absolute Gasteiger partial charge is 0.231 e. The molecule has 3 heterocycles. The second kappa shape index (κ2) is 12.3. The maximum atomic E-state index is 13.9. The van der Waals surface area contributed by atoms with Gasteiger partial charge in [0.1, 0.15) is 0 Å². The van der Waals surface area contributed by atoms with E-state index in [2.05, 4.69) is 20.1 Å². The molecule has 1 N–H and O–H groups in total. The minimum Gasteiger partial charge on any atom is -0.477 e. The summed E-state index contributed by atoms with van der Waals surface area (Å²) in [5.41, 5.74) is 2.71. The van der Waals surface area contributed by atoms with Crippen LogP contribution in [0.1, 0.15) is 32.3 Å². The van der Waals surface area contributed by atoms with Gasteiger partial charge in [-0.2, -0.15) is 0 Å². The highest BCUT2D eigenvalue weighted by atomic mass is 35.5. The first-order valence-electron chi connectivity index (χ1n) is 12.9. The Labute approximate surface area is 235 Å². The lowest BCUT2D eigenvalue weighted by molar-refractivity contribution is -0.128. The number of nitrogens with zero attached hydrogens (tertiary/aromatic N) is 4. The van der Waals surface area contributed by atoms with Gasteiger partial charge in [0, 0.05) is 43.1 Å². The van der Waals surface area contributed by atoms with E-state index in [-0.39, 0.29) is 11.9 Å². The Kier molecular flexibility index (Phi) is 9.13. The number of ether oxygens (including phenoxy) is 1. The summed E-state index contributed by atoms with van der Waals surface area (Å²) in [4.78, 5) is 27.3. The maximum Gasteiger partial charge on any atom is 0.231 e. The third kappa shape index (κ3) is 6.22. The zero-order chi connectivity index (χ0) is 27.3. The van der Waals surface area contributed by atoms with Gasteiger partial charge in [0.05, 0.1) is 34.0 Å². The van der Waals surface area contributed by atoms with Crippen LogP contribution in [0, 0.1) is 0 Å². The van der Waals surface area contributed by atoms with Gasteiger partial charge in [-0.05, 0) is 82.7 Å². The number of amides is 1. The fourth-order valence-corrected chi connectivity index (χ4v) is 5.67. The highest BCUT2D eigenvalue weighted by Gasteiger charge is 2.44. The predicted octanol–water partition coefficient (Wildman–Crippen LogP) is 5.45. The van der Waals surface area contributed by atoms with Gasteiger partial charge >= 0.3 is 0 Å². The summed E-state index contributed by atoms with van der Waals surface area (Å²) in [7, 11) is 4.01. The molecule has 1 fully saturated rings. The molecule has 0 radical (unpaired) electrons. The van der Waals surface area contributed by atoms with Crippen molar-refractivity contribution < 1.29 is 9.53 Å². The van der Waals surface area contributed by atoms with Crippen LogP contribution in [0.4, 0.5) is 5.69 Å². The summed E-state index contributed by atoms with van der Waals surface area (Å²) in [6.45, 7) is 6.59. The van der Waals surface area contributed by atoms with Crippen LogP contribution in [-0.4, -0.2) is 67.2 Å². The highest BCUT2D eigenvalue weighted by Crippen LogP contribution is 2.40. The average molecular weight is 557 g/mol. The molecule has 1 atom stereocenters. The van der Waals surface area contributed by atoms with Crippen LogP contribution in [-0.2, 0) is 10.2 Å². The van der Waals surface area contributed by atoms with Gasteiger partial charge < -0.3 is 19.9 Å². The Bertz CT molecular complexity index is 1240. The van der Waals surface area contributed by atoms with E-state index in [1.165, 1.54) is 0 Å². The van der Waals surface area contributed by atoms with Crippen molar-refractivity contribution in [1.82, 2.24) is 20.2 Å². The van der Waals surface area contributed by atoms with E-state index in [0.717, 1.165) is 29.1 Å². The van der Waals surface area contributed by atoms with Crippen LogP contribution in [0.15, 0.2) is 54.9 Å². The Balaban J connectivity index is 1.63. The fourth-order valence-electron chi connectivity index (χ4n) is 5.14. The molecule has 1 aliphatic rings. The van der Waals surface area contributed by atoms with E-state index in [9.17, 15) is 4.79 Å². The quantitative estimate of drug-likeness (QED) is 0.378. The molecule has 1 unspecified atom stereocenters. The van der Waals surface area contributed by atoms with E-state index < -0.39 is 5.41 Å². The number of benzene rings is 1. The lowest BCUT2D eigenvalue weighted by Gasteiger charge is -2.42. The van der Waals surface area contributed by atoms with Crippen molar-refractivity contribution in [2.45, 2.75) is 38.1 Å². The lowest BCUT2D eigenvalue weighted by atomic mass is 9.72. The number of halogens is 2. The number of hydrogen-bond donors (Lipinski definition) is 1. The Morgan fingerprint density at radius 2 is 1.92 bits per heavy atom. The number of nitrogens with one attached hydrogen (secondary N) is 1. The van der Waals surface area contributed by atoms with Crippen molar-refractivity contribution in [2.24, 2.45) is 0 Å². The second-order valence-electron chi connectivity index (χ2n) is 10.0. The van der Waals surface area contributed by atoms with E-state index in [4.69, 9.17) is 32.9 Å². The summed E-state index contributed by atoms with van der Waals surface area (Å²) >= 11 is 12.6. The molecular weight excluding hydrogens is 521 g/mol. The molecular formula is C29H35Cl2N5O2. The number of carbonyl (C=O) groups excluding carboxylic acids is 1. The third-order valence-electron chi connectivity index (χ3n) is 6.96. The van der Waals surface area contributed by atoms with Gasteiger partial charge in [-0.1, -0.05) is 29.3 Å². The Morgan fingerprint density at radius 3 is 2.55 bits per heavy atom. The first kappa shape index (κ1) is 28.1. The first-order chi connectivity index (χ1) is 18.2. The number of likely N-dealkylation sites (N-methyl/N-ethyl adjacent to an activating group) is 1. The van der Waals surface area contributed by atoms with Gasteiger partial charge in [0.2, 0.25) is 11.8 Å². The van der Waals surface area contributed by atoms with Crippen molar-refractivity contribution in [3.63, 3.8) is 0 Å². The van der Waals surface area contributed by atoms with E-state index >= 15 is 0 Å². The Morgan fingerprint density at radius 1 is 1.16 bits per heavy atom. The topological polar surface area (TPSA) is 70.6 Å². The molecule has 4 rings (SSSR count). The molecule has 1 aromatic carbocycles. The van der Waals surface area contributed by atoms with Gasteiger partial charge in [0.25, 0.3) is 0 Å². The lowest BCUT2D eigenvalue weighted by Crippen LogP contribution is -2.54. The van der Waals surface area contributed by atoms with Crippen LogP contribution in [0.2, 0.25) is 10.0 Å².